The van der Waals surface area contributed by atoms with Crippen LogP contribution in [-0.4, -0.2) is 34.7 Å². The molecule has 7 heteroatoms. The first-order valence-electron chi connectivity index (χ1n) is 7.89. The molecule has 0 spiro atoms. The van der Waals surface area contributed by atoms with Crippen molar-refractivity contribution in [2.75, 3.05) is 6.54 Å². The molecule has 2 aromatic rings. The number of nitrogens with one attached hydrogen (secondary N) is 2. The number of carbonyl (C=O) groups is 1. The summed E-state index contributed by atoms with van der Waals surface area (Å²) in [5.74, 6) is -0.0834. The molecule has 0 radical (unpaired) electrons. The van der Waals surface area contributed by atoms with Crippen LogP contribution in [-0.2, 0) is 4.79 Å². The fraction of sp³-hybridized carbons (Fsp3) is 0.412. The molecule has 1 fully saturated rings. The van der Waals surface area contributed by atoms with Gasteiger partial charge in [0.15, 0.2) is 0 Å². The van der Waals surface area contributed by atoms with Gasteiger partial charge in [0.05, 0.1) is 28.8 Å². The number of amides is 1. The van der Waals surface area contributed by atoms with Crippen LogP contribution in [0, 0.1) is 6.92 Å². The molecule has 5 nitrogen and oxygen atoms in total. The fourth-order valence-corrected chi connectivity index (χ4v) is 4.02. The minimum atomic E-state index is -0.447. The second-order valence-corrected chi connectivity index (χ2v) is 7.52. The molecule has 1 aliphatic heterocycles. The Morgan fingerprint density at radius 1 is 1.46 bits per heavy atom. The highest BCUT2D eigenvalue weighted by atomic mass is 35.5. The Hall–Kier alpha value is -1.47. The molecular formula is C17H20ClN3O2S. The van der Waals surface area contributed by atoms with Crippen molar-refractivity contribution in [2.45, 2.75) is 38.5 Å². The Morgan fingerprint density at radius 3 is 2.79 bits per heavy atom. The summed E-state index contributed by atoms with van der Waals surface area (Å²) in [7, 11) is 0. The lowest BCUT2D eigenvalue weighted by Gasteiger charge is -2.16. The van der Waals surface area contributed by atoms with Gasteiger partial charge in [-0.25, -0.2) is 4.98 Å². The molecule has 2 heterocycles. The van der Waals surface area contributed by atoms with Gasteiger partial charge in [0.1, 0.15) is 5.01 Å². The van der Waals surface area contributed by atoms with Crippen molar-refractivity contribution in [3.63, 3.8) is 0 Å². The first kappa shape index (κ1) is 17.4. The van der Waals surface area contributed by atoms with Gasteiger partial charge in [0, 0.05) is 17.1 Å². The minimum Gasteiger partial charge on any atom is -0.392 e. The van der Waals surface area contributed by atoms with E-state index in [1.807, 2.05) is 38.1 Å². The van der Waals surface area contributed by atoms with E-state index in [4.69, 9.17) is 11.6 Å². The zero-order valence-electron chi connectivity index (χ0n) is 13.5. The maximum absolute atomic E-state index is 12.3. The molecule has 1 saturated heterocycles. The molecule has 3 atom stereocenters. The lowest BCUT2D eigenvalue weighted by atomic mass is 10.1. The maximum Gasteiger partial charge on any atom is 0.237 e. The quantitative estimate of drug-likeness (QED) is 0.778. The number of halogens is 1. The second-order valence-electron chi connectivity index (χ2n) is 6.06. The van der Waals surface area contributed by atoms with Crippen molar-refractivity contribution >= 4 is 28.8 Å². The van der Waals surface area contributed by atoms with Gasteiger partial charge in [-0.15, -0.1) is 11.3 Å². The maximum atomic E-state index is 12.3. The molecule has 1 aliphatic rings. The summed E-state index contributed by atoms with van der Waals surface area (Å²) in [6.07, 6.45) is 0.00804. The molecule has 1 aromatic carbocycles. The molecule has 24 heavy (non-hydrogen) atoms. The van der Waals surface area contributed by atoms with Crippen LogP contribution in [0.25, 0.3) is 10.6 Å². The summed E-state index contributed by atoms with van der Waals surface area (Å²) in [4.78, 5) is 17.9. The van der Waals surface area contributed by atoms with Crippen LogP contribution in [0.3, 0.4) is 0 Å². The number of hydrogen-bond acceptors (Lipinski definition) is 5. The lowest BCUT2D eigenvalue weighted by Crippen LogP contribution is -2.41. The van der Waals surface area contributed by atoms with Gasteiger partial charge in [-0.2, -0.15) is 0 Å². The van der Waals surface area contributed by atoms with E-state index in [0.717, 1.165) is 21.1 Å². The SMILES string of the molecule is Cc1nc(-c2ccc(Cl)cc2)sc1[C@H](C)NC(=O)[C@@H]1C[C@H](O)CN1. The average Bonchev–Trinajstić information content (AvgIpc) is 3.14. The standard InChI is InChI=1S/C17H20ClN3O2S/c1-9(20-16(23)14-7-13(22)8-19-14)15-10(2)21-17(24-15)11-3-5-12(18)6-4-11/h3-6,9,13-14,19,22H,7-8H2,1-2H3,(H,20,23)/t9-,13-,14-/m0/s1. The summed E-state index contributed by atoms with van der Waals surface area (Å²) < 4.78 is 0. The zero-order chi connectivity index (χ0) is 17.3. The van der Waals surface area contributed by atoms with Crippen molar-refractivity contribution in [3.8, 4) is 10.6 Å². The first-order valence-corrected chi connectivity index (χ1v) is 9.08. The van der Waals surface area contributed by atoms with Crippen LogP contribution in [0.1, 0.15) is 30.0 Å². The summed E-state index contributed by atoms with van der Waals surface area (Å²) in [6.45, 7) is 4.37. The number of thiazole rings is 1. The van der Waals surface area contributed by atoms with E-state index in [9.17, 15) is 9.90 Å². The molecule has 0 unspecified atom stereocenters. The lowest BCUT2D eigenvalue weighted by molar-refractivity contribution is -0.123. The van der Waals surface area contributed by atoms with Crippen molar-refractivity contribution < 1.29 is 9.90 Å². The Labute approximate surface area is 150 Å². The highest BCUT2D eigenvalue weighted by Gasteiger charge is 2.29. The monoisotopic (exact) mass is 365 g/mol. The van der Waals surface area contributed by atoms with E-state index in [1.54, 1.807) is 11.3 Å². The predicted octanol–water partition coefficient (Wildman–Crippen LogP) is 2.67. The summed E-state index contributed by atoms with van der Waals surface area (Å²) in [5.41, 5.74) is 1.93. The molecular weight excluding hydrogens is 346 g/mol. The summed E-state index contributed by atoms with van der Waals surface area (Å²) in [5, 5.41) is 17.2. The third-order valence-corrected chi connectivity index (χ3v) is 5.74. The number of nitrogens with zero attached hydrogens (tertiary/aromatic N) is 1. The van der Waals surface area contributed by atoms with Crippen LogP contribution in [0.15, 0.2) is 24.3 Å². The molecule has 1 aromatic heterocycles. The van der Waals surface area contributed by atoms with Crippen LogP contribution in [0.2, 0.25) is 5.02 Å². The molecule has 128 valence electrons. The van der Waals surface area contributed by atoms with E-state index in [2.05, 4.69) is 15.6 Å². The molecule has 1 amide bonds. The topological polar surface area (TPSA) is 74.2 Å². The van der Waals surface area contributed by atoms with E-state index in [1.165, 1.54) is 0 Å². The predicted molar refractivity (Wildman–Crippen MR) is 96.3 cm³/mol. The molecule has 0 bridgehead atoms. The molecule has 0 aliphatic carbocycles. The number of hydrogen-bond donors (Lipinski definition) is 3. The number of β-amino-alcohol motifs (C(OH)–C–C–N with tert-alkyl or cyclic N) is 1. The van der Waals surface area contributed by atoms with Gasteiger partial charge in [-0.1, -0.05) is 23.7 Å². The molecule has 3 rings (SSSR count). The number of aromatic nitrogens is 1. The fourth-order valence-electron chi connectivity index (χ4n) is 2.82. The number of aryl methyl sites for hydroxylation is 1. The van der Waals surface area contributed by atoms with Gasteiger partial charge in [0.2, 0.25) is 5.91 Å². The van der Waals surface area contributed by atoms with E-state index < -0.39 is 6.10 Å². The number of carbonyl (C=O) groups excluding carboxylic acids is 1. The normalized spacial score (nSPS) is 21.7. The Morgan fingerprint density at radius 2 is 2.17 bits per heavy atom. The highest BCUT2D eigenvalue weighted by Crippen LogP contribution is 2.32. The van der Waals surface area contributed by atoms with Crippen molar-refractivity contribution in [1.29, 1.82) is 0 Å². The van der Waals surface area contributed by atoms with Crippen LogP contribution < -0.4 is 10.6 Å². The third kappa shape index (κ3) is 3.78. The van der Waals surface area contributed by atoms with E-state index in [-0.39, 0.29) is 18.0 Å². The first-order chi connectivity index (χ1) is 11.4. The Bertz CT molecular complexity index is 732. The van der Waals surface area contributed by atoms with Gasteiger partial charge in [0.25, 0.3) is 0 Å². The van der Waals surface area contributed by atoms with E-state index in [0.29, 0.717) is 18.0 Å². The van der Waals surface area contributed by atoms with Crippen molar-refractivity contribution in [2.24, 2.45) is 0 Å². The molecule has 0 saturated carbocycles. The summed E-state index contributed by atoms with van der Waals surface area (Å²) in [6, 6.07) is 7.11. The largest absolute Gasteiger partial charge is 0.392 e. The Kier molecular flexibility index (Phi) is 5.20. The summed E-state index contributed by atoms with van der Waals surface area (Å²) >= 11 is 7.50. The second kappa shape index (κ2) is 7.19. The Balaban J connectivity index is 1.72. The molecule has 3 N–H and O–H groups in total. The number of aliphatic hydroxyl groups excluding tert-OH is 1. The number of aliphatic hydroxyl groups is 1. The van der Waals surface area contributed by atoms with Gasteiger partial charge in [-0.05, 0) is 32.4 Å². The van der Waals surface area contributed by atoms with Gasteiger partial charge in [-0.3, -0.25) is 4.79 Å². The van der Waals surface area contributed by atoms with Crippen LogP contribution in [0.5, 0.6) is 0 Å². The highest BCUT2D eigenvalue weighted by molar-refractivity contribution is 7.15. The minimum absolute atomic E-state index is 0.0834. The number of rotatable bonds is 4. The third-order valence-electron chi connectivity index (χ3n) is 4.10. The average molecular weight is 366 g/mol. The van der Waals surface area contributed by atoms with Gasteiger partial charge < -0.3 is 15.7 Å². The van der Waals surface area contributed by atoms with Crippen molar-refractivity contribution in [1.82, 2.24) is 15.6 Å². The van der Waals surface area contributed by atoms with E-state index >= 15 is 0 Å². The van der Waals surface area contributed by atoms with Crippen LogP contribution >= 0.6 is 22.9 Å². The zero-order valence-corrected chi connectivity index (χ0v) is 15.1. The van der Waals surface area contributed by atoms with Crippen LogP contribution in [0.4, 0.5) is 0 Å². The smallest absolute Gasteiger partial charge is 0.237 e. The number of benzene rings is 1. The van der Waals surface area contributed by atoms with Crippen molar-refractivity contribution in [3.05, 3.63) is 39.9 Å². The van der Waals surface area contributed by atoms with Gasteiger partial charge >= 0.3 is 0 Å².